The SMILES string of the molecule is COc1cc(C(CNc2ccc(C(=N)N)cc2)NS(=O)(=O)c2ccc(F)cc2)ccc1OCc1ccccc1. The van der Waals surface area contributed by atoms with E-state index in [1.807, 2.05) is 30.3 Å². The van der Waals surface area contributed by atoms with Crippen LogP contribution in [0.3, 0.4) is 0 Å². The number of nitrogen functional groups attached to an aromatic ring is 1. The Morgan fingerprint density at radius 2 is 1.64 bits per heavy atom. The Morgan fingerprint density at radius 3 is 2.28 bits per heavy atom. The molecule has 0 aliphatic rings. The number of benzene rings is 4. The fraction of sp³-hybridized carbons (Fsp3) is 0.138. The molecule has 1 atom stereocenters. The summed E-state index contributed by atoms with van der Waals surface area (Å²) in [5, 5.41) is 10.8. The zero-order valence-corrected chi connectivity index (χ0v) is 22.0. The van der Waals surface area contributed by atoms with Crippen LogP contribution in [0.1, 0.15) is 22.7 Å². The highest BCUT2D eigenvalue weighted by Crippen LogP contribution is 2.32. The fourth-order valence-electron chi connectivity index (χ4n) is 3.84. The summed E-state index contributed by atoms with van der Waals surface area (Å²) in [4.78, 5) is -0.0607. The second kappa shape index (κ2) is 12.4. The maximum absolute atomic E-state index is 13.4. The number of amidine groups is 1. The molecule has 4 aromatic rings. The van der Waals surface area contributed by atoms with Crippen LogP contribution in [0.15, 0.2) is 102 Å². The molecule has 1 unspecified atom stereocenters. The van der Waals surface area contributed by atoms with E-state index in [1.54, 1.807) is 42.5 Å². The number of nitrogens with one attached hydrogen (secondary N) is 3. The standard InChI is InChI=1S/C29H29FN4O4S/c1-37-28-17-22(9-16-27(28)38-19-20-5-3-2-4-6-20)26(18-33-24-12-7-21(8-13-24)29(31)32)34-39(35,36)25-14-10-23(30)11-15-25/h2-17,26,33-34H,18-19H2,1H3,(H3,31,32). The summed E-state index contributed by atoms with van der Waals surface area (Å²) in [5.74, 6) is 0.378. The lowest BCUT2D eigenvalue weighted by Crippen LogP contribution is -2.33. The van der Waals surface area contributed by atoms with E-state index in [-0.39, 0.29) is 17.3 Å². The summed E-state index contributed by atoms with van der Waals surface area (Å²) >= 11 is 0. The number of nitrogens with two attached hydrogens (primary N) is 1. The minimum atomic E-state index is -4.00. The molecular formula is C29H29FN4O4S. The summed E-state index contributed by atoms with van der Waals surface area (Å²) < 4.78 is 54.0. The van der Waals surface area contributed by atoms with Gasteiger partial charge in [-0.05, 0) is 71.8 Å². The van der Waals surface area contributed by atoms with Gasteiger partial charge in [0.2, 0.25) is 10.0 Å². The van der Waals surface area contributed by atoms with Crippen molar-refractivity contribution < 1.29 is 22.3 Å². The van der Waals surface area contributed by atoms with Gasteiger partial charge in [0.05, 0.1) is 18.0 Å². The first-order chi connectivity index (χ1) is 18.7. The molecule has 0 amide bonds. The third-order valence-corrected chi connectivity index (χ3v) is 7.44. The topological polar surface area (TPSA) is 127 Å². The normalized spacial score (nSPS) is 11.9. The molecule has 0 spiro atoms. The zero-order chi connectivity index (χ0) is 27.8. The number of hydrogen-bond acceptors (Lipinski definition) is 6. The van der Waals surface area contributed by atoms with Crippen molar-refractivity contribution in [1.82, 2.24) is 4.72 Å². The summed E-state index contributed by atoms with van der Waals surface area (Å²) in [6, 6.07) is 25.7. The summed E-state index contributed by atoms with van der Waals surface area (Å²) in [6.07, 6.45) is 0. The second-order valence-corrected chi connectivity index (χ2v) is 10.4. The Hall–Kier alpha value is -4.41. The average molecular weight is 549 g/mol. The highest BCUT2D eigenvalue weighted by molar-refractivity contribution is 7.89. The largest absolute Gasteiger partial charge is 0.493 e. The molecule has 0 aliphatic heterocycles. The molecule has 0 fully saturated rings. The molecule has 4 rings (SSSR count). The van der Waals surface area contributed by atoms with Crippen molar-refractivity contribution in [2.24, 2.45) is 5.73 Å². The number of ether oxygens (including phenoxy) is 2. The third kappa shape index (κ3) is 7.34. The Kier molecular flexibility index (Phi) is 8.80. The fourth-order valence-corrected chi connectivity index (χ4v) is 5.06. The lowest BCUT2D eigenvalue weighted by Gasteiger charge is -2.22. The number of sulfonamides is 1. The van der Waals surface area contributed by atoms with E-state index < -0.39 is 21.9 Å². The first-order valence-electron chi connectivity index (χ1n) is 12.1. The molecular weight excluding hydrogens is 519 g/mol. The van der Waals surface area contributed by atoms with Gasteiger partial charge in [-0.1, -0.05) is 36.4 Å². The van der Waals surface area contributed by atoms with Crippen molar-refractivity contribution >= 4 is 21.5 Å². The quantitative estimate of drug-likeness (QED) is 0.148. The third-order valence-electron chi connectivity index (χ3n) is 5.95. The molecule has 10 heteroatoms. The zero-order valence-electron chi connectivity index (χ0n) is 21.2. The van der Waals surface area contributed by atoms with E-state index in [1.165, 1.54) is 19.2 Å². The predicted octanol–water partition coefficient (Wildman–Crippen LogP) is 4.83. The van der Waals surface area contributed by atoms with Crippen LogP contribution in [-0.4, -0.2) is 27.9 Å². The van der Waals surface area contributed by atoms with Gasteiger partial charge >= 0.3 is 0 Å². The second-order valence-electron chi connectivity index (χ2n) is 8.68. The van der Waals surface area contributed by atoms with E-state index in [9.17, 15) is 12.8 Å². The van der Waals surface area contributed by atoms with E-state index in [0.29, 0.717) is 34.9 Å². The van der Waals surface area contributed by atoms with E-state index in [4.69, 9.17) is 20.6 Å². The number of anilines is 1. The number of methoxy groups -OCH3 is 1. The molecule has 0 saturated heterocycles. The number of hydrogen-bond donors (Lipinski definition) is 4. The van der Waals surface area contributed by atoms with Crippen molar-refractivity contribution in [3.05, 3.63) is 120 Å². The molecule has 39 heavy (non-hydrogen) atoms. The maximum Gasteiger partial charge on any atom is 0.241 e. The number of rotatable bonds is 12. The Labute approximate surface area is 227 Å². The Bertz CT molecular complexity index is 1510. The lowest BCUT2D eigenvalue weighted by atomic mass is 10.1. The van der Waals surface area contributed by atoms with E-state index in [0.717, 1.165) is 17.7 Å². The van der Waals surface area contributed by atoms with Gasteiger partial charge in [-0.3, -0.25) is 5.41 Å². The molecule has 8 nitrogen and oxygen atoms in total. The molecule has 202 valence electrons. The van der Waals surface area contributed by atoms with Gasteiger partial charge in [0.15, 0.2) is 11.5 Å². The Balaban J connectivity index is 1.59. The van der Waals surface area contributed by atoms with Crippen molar-refractivity contribution in [3.8, 4) is 11.5 Å². The van der Waals surface area contributed by atoms with Gasteiger partial charge < -0.3 is 20.5 Å². The van der Waals surface area contributed by atoms with E-state index in [2.05, 4.69) is 10.0 Å². The highest BCUT2D eigenvalue weighted by atomic mass is 32.2. The molecule has 4 aromatic carbocycles. The van der Waals surface area contributed by atoms with Gasteiger partial charge in [-0.15, -0.1) is 0 Å². The van der Waals surface area contributed by atoms with Crippen LogP contribution < -0.4 is 25.2 Å². The van der Waals surface area contributed by atoms with Crippen LogP contribution in [0.5, 0.6) is 11.5 Å². The molecule has 0 aliphatic carbocycles. The van der Waals surface area contributed by atoms with Crippen LogP contribution in [-0.2, 0) is 16.6 Å². The molecule has 0 heterocycles. The summed E-state index contributed by atoms with van der Waals surface area (Å²) in [5.41, 5.74) is 8.43. The molecule has 0 saturated carbocycles. The Morgan fingerprint density at radius 1 is 0.949 bits per heavy atom. The van der Waals surface area contributed by atoms with E-state index >= 15 is 0 Å². The smallest absolute Gasteiger partial charge is 0.241 e. The van der Waals surface area contributed by atoms with Crippen LogP contribution in [0.2, 0.25) is 0 Å². The minimum absolute atomic E-state index is 0.0480. The number of halogens is 1. The van der Waals surface area contributed by atoms with Crippen molar-refractivity contribution in [1.29, 1.82) is 5.41 Å². The van der Waals surface area contributed by atoms with Gasteiger partial charge in [0.25, 0.3) is 0 Å². The van der Waals surface area contributed by atoms with Crippen LogP contribution in [0.4, 0.5) is 10.1 Å². The summed E-state index contributed by atoms with van der Waals surface area (Å²) in [7, 11) is -2.48. The van der Waals surface area contributed by atoms with Gasteiger partial charge in [0.1, 0.15) is 18.3 Å². The van der Waals surface area contributed by atoms with Crippen molar-refractivity contribution in [2.75, 3.05) is 19.0 Å². The van der Waals surface area contributed by atoms with Crippen LogP contribution in [0, 0.1) is 11.2 Å². The summed E-state index contributed by atoms with van der Waals surface area (Å²) in [6.45, 7) is 0.516. The lowest BCUT2D eigenvalue weighted by molar-refractivity contribution is 0.284. The van der Waals surface area contributed by atoms with Crippen molar-refractivity contribution in [2.45, 2.75) is 17.5 Å². The average Bonchev–Trinajstić information content (AvgIpc) is 2.95. The van der Waals surface area contributed by atoms with Crippen LogP contribution >= 0.6 is 0 Å². The molecule has 0 radical (unpaired) electrons. The first-order valence-corrected chi connectivity index (χ1v) is 13.5. The molecule has 5 N–H and O–H groups in total. The van der Waals surface area contributed by atoms with Gasteiger partial charge in [0, 0.05) is 17.8 Å². The molecule has 0 bridgehead atoms. The van der Waals surface area contributed by atoms with Crippen molar-refractivity contribution in [3.63, 3.8) is 0 Å². The predicted molar refractivity (Wildman–Crippen MR) is 149 cm³/mol. The van der Waals surface area contributed by atoms with Crippen LogP contribution in [0.25, 0.3) is 0 Å². The maximum atomic E-state index is 13.4. The first kappa shape index (κ1) is 27.6. The highest BCUT2D eigenvalue weighted by Gasteiger charge is 2.23. The molecule has 0 aromatic heterocycles. The van der Waals surface area contributed by atoms with Gasteiger partial charge in [-0.25, -0.2) is 17.5 Å². The monoisotopic (exact) mass is 548 g/mol. The minimum Gasteiger partial charge on any atom is -0.493 e. The van der Waals surface area contributed by atoms with Gasteiger partial charge in [-0.2, -0.15) is 0 Å².